The van der Waals surface area contributed by atoms with Gasteiger partial charge in [0.15, 0.2) is 0 Å². The van der Waals surface area contributed by atoms with E-state index in [0.29, 0.717) is 0 Å². The van der Waals surface area contributed by atoms with E-state index in [1.165, 1.54) is 15.6 Å². The Morgan fingerprint density at radius 3 is 2.86 bits per heavy atom. The second-order valence-corrected chi connectivity index (χ2v) is 4.84. The van der Waals surface area contributed by atoms with E-state index in [4.69, 9.17) is 5.26 Å². The number of nitrogens with zero attached hydrogens (tertiary/aromatic N) is 1. The molecule has 2 aromatic rings. The molecule has 0 atom stereocenters. The SMILES string of the molecule is CSc1cc2scc(C)c2cc1C#N. The first-order chi connectivity index (χ1) is 6.76. The highest BCUT2D eigenvalue weighted by atomic mass is 32.2. The summed E-state index contributed by atoms with van der Waals surface area (Å²) in [6.45, 7) is 2.08. The molecule has 0 spiro atoms. The monoisotopic (exact) mass is 219 g/mol. The van der Waals surface area contributed by atoms with E-state index in [-0.39, 0.29) is 0 Å². The largest absolute Gasteiger partial charge is 0.192 e. The third-order valence-electron chi connectivity index (χ3n) is 2.21. The minimum Gasteiger partial charge on any atom is -0.192 e. The van der Waals surface area contributed by atoms with Gasteiger partial charge in [-0.2, -0.15) is 5.26 Å². The molecule has 0 fully saturated rings. The standard InChI is InChI=1S/C11H9NS2/c1-7-6-14-11-4-10(13-2)8(5-12)3-9(7)11/h3-4,6H,1-2H3. The second-order valence-electron chi connectivity index (χ2n) is 3.08. The molecule has 0 bridgehead atoms. The lowest BCUT2D eigenvalue weighted by atomic mass is 10.1. The van der Waals surface area contributed by atoms with Crippen molar-refractivity contribution in [3.05, 3.63) is 28.6 Å². The first-order valence-electron chi connectivity index (χ1n) is 4.22. The summed E-state index contributed by atoms with van der Waals surface area (Å²) in [6.07, 6.45) is 2.00. The van der Waals surface area contributed by atoms with Crippen LogP contribution < -0.4 is 0 Å². The third kappa shape index (κ3) is 1.41. The normalized spacial score (nSPS) is 10.4. The fourth-order valence-corrected chi connectivity index (χ4v) is 3.04. The lowest BCUT2D eigenvalue weighted by Gasteiger charge is -2.00. The Hall–Kier alpha value is -0.980. The van der Waals surface area contributed by atoms with E-state index in [1.54, 1.807) is 23.1 Å². The van der Waals surface area contributed by atoms with Gasteiger partial charge in [-0.15, -0.1) is 23.1 Å². The van der Waals surface area contributed by atoms with Crippen molar-refractivity contribution in [1.82, 2.24) is 0 Å². The molecule has 3 heteroatoms. The zero-order valence-electron chi connectivity index (χ0n) is 8.00. The highest BCUT2D eigenvalue weighted by Crippen LogP contribution is 2.31. The predicted octanol–water partition coefficient (Wildman–Crippen LogP) is 3.80. The van der Waals surface area contributed by atoms with Gasteiger partial charge >= 0.3 is 0 Å². The summed E-state index contributed by atoms with van der Waals surface area (Å²) in [5, 5.41) is 12.3. The first-order valence-corrected chi connectivity index (χ1v) is 6.32. The van der Waals surface area contributed by atoms with Gasteiger partial charge in [0.25, 0.3) is 0 Å². The van der Waals surface area contributed by atoms with Gasteiger partial charge in [0.2, 0.25) is 0 Å². The molecule has 14 heavy (non-hydrogen) atoms. The Kier molecular flexibility index (Phi) is 2.49. The zero-order chi connectivity index (χ0) is 10.1. The highest BCUT2D eigenvalue weighted by molar-refractivity contribution is 7.98. The molecule has 1 aromatic carbocycles. The number of hydrogen-bond acceptors (Lipinski definition) is 3. The molecule has 70 valence electrons. The predicted molar refractivity (Wildman–Crippen MR) is 63.1 cm³/mol. The Morgan fingerprint density at radius 2 is 2.21 bits per heavy atom. The number of benzene rings is 1. The molecule has 0 saturated heterocycles. The van der Waals surface area contributed by atoms with Crippen LogP contribution in [0.1, 0.15) is 11.1 Å². The smallest absolute Gasteiger partial charge is 0.100 e. The quantitative estimate of drug-likeness (QED) is 0.681. The van der Waals surface area contributed by atoms with Crippen LogP contribution in [0.3, 0.4) is 0 Å². The van der Waals surface area contributed by atoms with Gasteiger partial charge < -0.3 is 0 Å². The van der Waals surface area contributed by atoms with Crippen LogP contribution in [0.5, 0.6) is 0 Å². The molecule has 1 heterocycles. The molecular formula is C11H9NS2. The van der Waals surface area contributed by atoms with Gasteiger partial charge in [0.05, 0.1) is 5.56 Å². The van der Waals surface area contributed by atoms with Gasteiger partial charge in [0, 0.05) is 9.60 Å². The maximum atomic E-state index is 8.98. The van der Waals surface area contributed by atoms with Crippen molar-refractivity contribution in [2.45, 2.75) is 11.8 Å². The van der Waals surface area contributed by atoms with E-state index in [2.05, 4.69) is 24.4 Å². The average Bonchev–Trinajstić information content (AvgIpc) is 2.58. The van der Waals surface area contributed by atoms with E-state index in [1.807, 2.05) is 12.3 Å². The number of nitriles is 1. The molecule has 0 unspecified atom stereocenters. The summed E-state index contributed by atoms with van der Waals surface area (Å²) in [7, 11) is 0. The first kappa shape index (κ1) is 9.57. The van der Waals surface area contributed by atoms with Crippen LogP contribution in [0, 0.1) is 18.3 Å². The summed E-state index contributed by atoms with van der Waals surface area (Å²) in [5.41, 5.74) is 2.04. The van der Waals surface area contributed by atoms with Crippen molar-refractivity contribution in [2.75, 3.05) is 6.26 Å². The number of rotatable bonds is 1. The van der Waals surface area contributed by atoms with Gasteiger partial charge in [-0.05, 0) is 41.6 Å². The van der Waals surface area contributed by atoms with Crippen molar-refractivity contribution in [2.24, 2.45) is 0 Å². The lowest BCUT2D eigenvalue weighted by molar-refractivity contribution is 1.40. The Morgan fingerprint density at radius 1 is 1.43 bits per heavy atom. The topological polar surface area (TPSA) is 23.8 Å². The molecule has 1 nitrogen and oxygen atoms in total. The van der Waals surface area contributed by atoms with Crippen LogP contribution in [0.2, 0.25) is 0 Å². The summed E-state index contributed by atoms with van der Waals surface area (Å²) in [5.74, 6) is 0. The van der Waals surface area contributed by atoms with E-state index in [0.717, 1.165) is 10.5 Å². The minimum absolute atomic E-state index is 0.784. The van der Waals surface area contributed by atoms with Crippen LogP contribution in [-0.2, 0) is 0 Å². The molecule has 0 radical (unpaired) electrons. The number of hydrogen-bond donors (Lipinski definition) is 0. The number of aryl methyl sites for hydroxylation is 1. The van der Waals surface area contributed by atoms with Crippen molar-refractivity contribution in [3.63, 3.8) is 0 Å². The maximum Gasteiger partial charge on any atom is 0.100 e. The minimum atomic E-state index is 0.784. The van der Waals surface area contributed by atoms with E-state index in [9.17, 15) is 0 Å². The van der Waals surface area contributed by atoms with E-state index >= 15 is 0 Å². The van der Waals surface area contributed by atoms with Crippen LogP contribution in [-0.4, -0.2) is 6.26 Å². The van der Waals surface area contributed by atoms with Crippen LogP contribution in [0.25, 0.3) is 10.1 Å². The highest BCUT2D eigenvalue weighted by Gasteiger charge is 2.06. The van der Waals surface area contributed by atoms with Crippen molar-refractivity contribution in [3.8, 4) is 6.07 Å². The zero-order valence-corrected chi connectivity index (χ0v) is 9.63. The molecule has 0 N–H and O–H groups in total. The van der Waals surface area contributed by atoms with Crippen LogP contribution in [0.15, 0.2) is 22.4 Å². The van der Waals surface area contributed by atoms with Gasteiger partial charge in [0.1, 0.15) is 6.07 Å². The molecule has 0 aliphatic rings. The van der Waals surface area contributed by atoms with Crippen LogP contribution in [0.4, 0.5) is 0 Å². The van der Waals surface area contributed by atoms with Crippen molar-refractivity contribution in [1.29, 1.82) is 5.26 Å². The number of thiophene rings is 1. The summed E-state index contributed by atoms with van der Waals surface area (Å²) < 4.78 is 1.27. The van der Waals surface area contributed by atoms with Gasteiger partial charge in [-0.1, -0.05) is 0 Å². The van der Waals surface area contributed by atoms with Crippen molar-refractivity contribution >= 4 is 33.2 Å². The molecule has 0 saturated carbocycles. The summed E-state index contributed by atoms with van der Waals surface area (Å²) >= 11 is 3.37. The van der Waals surface area contributed by atoms with E-state index < -0.39 is 0 Å². The number of thioether (sulfide) groups is 1. The lowest BCUT2D eigenvalue weighted by Crippen LogP contribution is -1.80. The fourth-order valence-electron chi connectivity index (χ4n) is 1.44. The fraction of sp³-hybridized carbons (Fsp3) is 0.182. The third-order valence-corrected chi connectivity index (χ3v) is 4.05. The van der Waals surface area contributed by atoms with Gasteiger partial charge in [-0.25, -0.2) is 0 Å². The Balaban J connectivity index is 2.79. The molecular weight excluding hydrogens is 210 g/mol. The number of fused-ring (bicyclic) bond motifs is 1. The second kappa shape index (κ2) is 3.64. The molecule has 2 rings (SSSR count). The van der Waals surface area contributed by atoms with Gasteiger partial charge in [-0.3, -0.25) is 0 Å². The maximum absolute atomic E-state index is 8.98. The average molecular weight is 219 g/mol. The molecule has 0 aliphatic carbocycles. The summed E-state index contributed by atoms with van der Waals surface area (Å²) in [4.78, 5) is 1.07. The molecule has 1 aromatic heterocycles. The Labute approximate surface area is 91.4 Å². The Bertz CT molecular complexity index is 520. The molecule has 0 aliphatic heterocycles. The van der Waals surface area contributed by atoms with Crippen molar-refractivity contribution < 1.29 is 0 Å². The molecule has 0 amide bonds. The van der Waals surface area contributed by atoms with Crippen LogP contribution >= 0.6 is 23.1 Å². The summed E-state index contributed by atoms with van der Waals surface area (Å²) in [6, 6.07) is 6.34.